The van der Waals surface area contributed by atoms with Gasteiger partial charge in [-0.25, -0.2) is 55.3 Å². The molecule has 1 amide bonds. The minimum absolute atomic E-state index is 0.157. The average Bonchev–Trinajstić information content (AvgIpc) is 0.801. The third-order valence-corrected chi connectivity index (χ3v) is 35.3. The van der Waals surface area contributed by atoms with Gasteiger partial charge in [-0.2, -0.15) is 79.0 Å². The number of nitrogens with one attached hydrogen (secondary N) is 2. The van der Waals surface area contributed by atoms with Gasteiger partial charge in [0.05, 0.1) is 73.4 Å². The number of unbranched alkanes of at least 4 members (excludes halogenated alkanes) is 3. The molecule has 0 radical (unpaired) electrons. The highest BCUT2D eigenvalue weighted by atomic mass is 32.3. The first-order valence-corrected chi connectivity index (χ1v) is 48.5. The molecular formula is C50H104F18N7O25PS6Si3. The number of alkyl carbamates (subject to hydrolysis) is 1. The first kappa shape index (κ1) is 119. The van der Waals surface area contributed by atoms with Gasteiger partial charge in [0.25, 0.3) is 0 Å². The van der Waals surface area contributed by atoms with Crippen molar-refractivity contribution < 1.29 is 197 Å². The number of sulfonamides is 6. The third-order valence-electron chi connectivity index (χ3n) is 13.5. The number of rotatable bonds is 45. The van der Waals surface area contributed by atoms with Crippen LogP contribution in [0.3, 0.4) is 0 Å². The van der Waals surface area contributed by atoms with Crippen molar-refractivity contribution in [3.8, 4) is 0 Å². The van der Waals surface area contributed by atoms with Gasteiger partial charge in [0, 0.05) is 102 Å². The predicted octanol–water partition coefficient (Wildman–Crippen LogP) is 10.0. The molecule has 0 unspecified atom stereocenters. The SMILES string of the molecule is CCCC[P+](CCCC)(CCCC)CCC[Si](OC)(OC)OC.CO[Si](CCCNC(=O)OCC[N+](C)(C)C)(OC)OC.CO[Si](CCCNCCC(=O)OCC[N+](C)(C)C)(OC)OC.O=S(=O)([N-]S(=O)(=O)C(F)(F)F)C(F)(F)F.O=S(=O)([N-]S(=O)(=O)C(F)(F)F)C(F)(F)F.O=S(=O)([N-]S(=O)(=O)C(F)(F)F)C(F)(F)F. The lowest BCUT2D eigenvalue weighted by molar-refractivity contribution is -0.870. The fourth-order valence-electron chi connectivity index (χ4n) is 7.30. The van der Waals surface area contributed by atoms with E-state index in [-0.39, 0.29) is 5.97 Å². The molecule has 0 heterocycles. The summed E-state index contributed by atoms with van der Waals surface area (Å²) in [6, 6.07) is 2.36. The molecule has 0 aliphatic carbocycles. The number of likely N-dealkylation sites (N-methyl/N-ethyl adjacent to an activating group) is 2. The predicted molar refractivity (Wildman–Crippen MR) is 373 cm³/mol. The molecule has 60 heteroatoms. The monoisotopic (exact) mass is 1850 g/mol. The Balaban J connectivity index is -0.000000298. The molecule has 0 spiro atoms. The lowest BCUT2D eigenvalue weighted by atomic mass is 10.4. The average molecular weight is 1850 g/mol. The van der Waals surface area contributed by atoms with Crippen LogP contribution in [0.1, 0.15) is 85.0 Å². The van der Waals surface area contributed by atoms with E-state index in [0.29, 0.717) is 45.2 Å². The Hall–Kier alpha value is -2.34. The van der Waals surface area contributed by atoms with Crippen molar-refractivity contribution in [2.75, 3.05) is 177 Å². The van der Waals surface area contributed by atoms with Gasteiger partial charge < -0.3 is 81.3 Å². The number of hydrogen-bond acceptors (Lipinski definition) is 26. The molecule has 0 aliphatic rings. The Kier molecular flexibility index (Phi) is 55.8. The van der Waals surface area contributed by atoms with Crippen LogP contribution in [0.4, 0.5) is 83.8 Å². The Morgan fingerprint density at radius 1 is 0.355 bits per heavy atom. The van der Waals surface area contributed by atoms with E-state index in [2.05, 4.69) is 52.5 Å². The smallest absolute Gasteiger partial charge is 0.460 e. The molecule has 2 N–H and O–H groups in total. The molecule has 0 saturated heterocycles. The second-order valence-electron chi connectivity index (χ2n) is 24.1. The van der Waals surface area contributed by atoms with Crippen LogP contribution in [0, 0.1) is 0 Å². The zero-order valence-electron chi connectivity index (χ0n) is 63.6. The van der Waals surface area contributed by atoms with E-state index < -0.39 is 133 Å². The zero-order valence-corrected chi connectivity index (χ0v) is 72.4. The highest BCUT2D eigenvalue weighted by molar-refractivity contribution is 8.14. The molecule has 0 saturated carbocycles. The summed E-state index contributed by atoms with van der Waals surface area (Å²) in [5.41, 5.74) is -37.2. The van der Waals surface area contributed by atoms with Gasteiger partial charge >= 0.3 is 71.5 Å². The molecule has 0 bridgehead atoms. The molecule has 0 aromatic heterocycles. The molecule has 0 aromatic carbocycles. The van der Waals surface area contributed by atoms with Crippen molar-refractivity contribution in [3.63, 3.8) is 0 Å². The molecule has 0 fully saturated rings. The summed E-state index contributed by atoms with van der Waals surface area (Å²) in [5, 5.41) is 5.92. The van der Waals surface area contributed by atoms with E-state index in [1.54, 1.807) is 64.0 Å². The summed E-state index contributed by atoms with van der Waals surface area (Å²) >= 11 is 0. The Morgan fingerprint density at radius 2 is 0.582 bits per heavy atom. The van der Waals surface area contributed by atoms with Crippen LogP contribution in [0.5, 0.6) is 0 Å². The Bertz CT molecular complexity index is 2910. The van der Waals surface area contributed by atoms with Gasteiger partial charge in [-0.05, 0) is 45.1 Å². The van der Waals surface area contributed by atoms with Gasteiger partial charge in [0.15, 0.2) is 60.1 Å². The first-order chi connectivity index (χ1) is 49.3. The van der Waals surface area contributed by atoms with Gasteiger partial charge in [0.1, 0.15) is 26.3 Å². The highest BCUT2D eigenvalue weighted by Crippen LogP contribution is 2.61. The maximum atomic E-state index is 11.5. The van der Waals surface area contributed by atoms with Crippen molar-refractivity contribution in [1.82, 2.24) is 10.6 Å². The summed E-state index contributed by atoms with van der Waals surface area (Å²) in [5.74, 6) is -0.157. The quantitative estimate of drug-likeness (QED) is 0.0143. The molecule has 668 valence electrons. The number of esters is 1. The van der Waals surface area contributed by atoms with Crippen molar-refractivity contribution >= 4 is 106 Å². The second kappa shape index (κ2) is 51.8. The summed E-state index contributed by atoms with van der Waals surface area (Å²) in [6.45, 7) is 11.4. The van der Waals surface area contributed by atoms with Crippen LogP contribution in [-0.4, -0.2) is 308 Å². The van der Waals surface area contributed by atoms with E-state index >= 15 is 0 Å². The Morgan fingerprint density at radius 3 is 0.809 bits per heavy atom. The van der Waals surface area contributed by atoms with Crippen LogP contribution < -0.4 is 10.6 Å². The summed E-state index contributed by atoms with van der Waals surface area (Å²) in [6.07, 6.45) is 16.9. The number of alkyl halides is 18. The summed E-state index contributed by atoms with van der Waals surface area (Å²) in [4.78, 5) is 23.0. The summed E-state index contributed by atoms with van der Waals surface area (Å²) in [7, 11) is -21.4. The fourth-order valence-corrected chi connectivity index (χ4v) is 23.0. The van der Waals surface area contributed by atoms with Crippen LogP contribution >= 0.6 is 7.26 Å². The topological polar surface area (TPSA) is 407 Å². The van der Waals surface area contributed by atoms with E-state index in [0.717, 1.165) is 59.5 Å². The molecule has 0 rings (SSSR count). The number of nitrogens with zero attached hydrogens (tertiary/aromatic N) is 5. The van der Waals surface area contributed by atoms with Gasteiger partial charge in [0.2, 0.25) is 0 Å². The minimum atomic E-state index is -6.72. The maximum absolute atomic E-state index is 11.5. The number of carbonyl (C=O) groups excluding carboxylic acids is 2. The molecule has 0 atom stereocenters. The first-order valence-electron chi connectivity index (χ1n) is 31.6. The number of quaternary nitrogens is 2. The number of halogens is 18. The van der Waals surface area contributed by atoms with Gasteiger partial charge in [-0.1, -0.05) is 40.0 Å². The van der Waals surface area contributed by atoms with E-state index in [4.69, 9.17) is 49.3 Å². The number of ether oxygens (including phenoxy) is 2. The summed E-state index contributed by atoms with van der Waals surface area (Å²) < 4.78 is 388. The highest BCUT2D eigenvalue weighted by Gasteiger charge is 2.50. The van der Waals surface area contributed by atoms with Crippen molar-refractivity contribution in [2.24, 2.45) is 0 Å². The fraction of sp³-hybridized carbons (Fsp3) is 0.960. The molecule has 0 aliphatic heterocycles. The zero-order chi connectivity index (χ0) is 88.4. The third kappa shape index (κ3) is 50.3. The van der Waals surface area contributed by atoms with Gasteiger partial charge in [-0.15, -0.1) is 0 Å². The second-order valence-corrected chi connectivity index (χ2v) is 48.1. The maximum Gasteiger partial charge on any atom is 0.500 e. The molecule has 0 aromatic rings. The van der Waals surface area contributed by atoms with Crippen LogP contribution in [0.25, 0.3) is 12.4 Å². The van der Waals surface area contributed by atoms with Crippen LogP contribution in [0.2, 0.25) is 18.1 Å². The number of amides is 1. The van der Waals surface area contributed by atoms with E-state index in [1.807, 2.05) is 21.1 Å². The Labute approximate surface area is 636 Å². The number of carbonyl (C=O) groups is 2. The van der Waals surface area contributed by atoms with Crippen molar-refractivity contribution in [1.29, 1.82) is 0 Å². The molecule has 110 heavy (non-hydrogen) atoms. The van der Waals surface area contributed by atoms with Crippen molar-refractivity contribution in [2.45, 2.75) is 136 Å². The lowest BCUT2D eigenvalue weighted by Gasteiger charge is -2.30. The normalized spacial score (nSPS) is 13.7. The largest absolute Gasteiger partial charge is 0.500 e. The van der Waals surface area contributed by atoms with Gasteiger partial charge in [-0.3, -0.25) is 4.79 Å². The molecule has 32 nitrogen and oxygen atoms in total. The standard InChI is InChI=1S/C18H42O3PSi.C14H33N2O5Si.C12H28N2O5Si.3C2F6NO4S2/c1-7-10-14-22(15-11-8-2,16-12-9-3)17-13-18-23(19-4,20-5)21-6;1-16(2,3)11-12-21-14(17)8-10-15-9-7-13-22(18-4,19-5)20-6;1-14(2,3)9-10-19-12(15)13-8-7-11-20(16-4,17-5)18-6;3*3-1(4,5)14(10,11)9-15(12,13)2(6,7)8/h7-18H2,1-6H3;15H,7-13H2,1-6H3;7-11H2,1-6H3;;;/q2*+1;;3*-1/p+1. The van der Waals surface area contributed by atoms with E-state index in [1.165, 1.54) is 69.6 Å². The van der Waals surface area contributed by atoms with E-state index in [9.17, 15) is 139 Å². The van der Waals surface area contributed by atoms with Crippen LogP contribution in [0.15, 0.2) is 0 Å². The lowest BCUT2D eigenvalue weighted by Crippen LogP contribution is -2.43. The van der Waals surface area contributed by atoms with Crippen LogP contribution in [-0.2, 0) is 114 Å². The van der Waals surface area contributed by atoms with Crippen molar-refractivity contribution in [3.05, 3.63) is 12.4 Å². The number of hydrogen-bond donors (Lipinski definition) is 2. The minimum Gasteiger partial charge on any atom is -0.460 e. The molecular weight excluding hydrogens is 1750 g/mol.